The zero-order valence-corrected chi connectivity index (χ0v) is 17.8. The van der Waals surface area contributed by atoms with Crippen LogP contribution in [-0.2, 0) is 6.54 Å². The van der Waals surface area contributed by atoms with Gasteiger partial charge in [0, 0.05) is 42.5 Å². The number of hydrogen-bond donors (Lipinski definition) is 1. The van der Waals surface area contributed by atoms with E-state index in [1.165, 1.54) is 5.69 Å². The van der Waals surface area contributed by atoms with Crippen LogP contribution in [0.15, 0.2) is 41.4 Å². The van der Waals surface area contributed by atoms with Gasteiger partial charge in [0.1, 0.15) is 0 Å². The Labute approximate surface area is 176 Å². The highest BCUT2D eigenvalue weighted by Crippen LogP contribution is 2.40. The molecule has 1 fully saturated rings. The van der Waals surface area contributed by atoms with Crippen molar-refractivity contribution < 1.29 is 14.2 Å². The molecule has 1 aliphatic heterocycles. The molecular weight excluding hydrogens is 392 g/mol. The first-order valence-electron chi connectivity index (χ1n) is 9.40. The Morgan fingerprint density at radius 2 is 1.59 bits per heavy atom. The molecule has 2 aromatic rings. The van der Waals surface area contributed by atoms with Gasteiger partial charge < -0.3 is 29.7 Å². The van der Waals surface area contributed by atoms with Crippen LogP contribution in [0.4, 0.5) is 5.69 Å². The molecule has 2 N–H and O–H groups in total. The van der Waals surface area contributed by atoms with Crippen LogP contribution in [0, 0.1) is 0 Å². The second-order valence-corrected chi connectivity index (χ2v) is 7.05. The molecule has 29 heavy (non-hydrogen) atoms. The number of rotatable bonds is 6. The molecule has 0 saturated carbocycles. The lowest BCUT2D eigenvalue weighted by Crippen LogP contribution is -2.51. The highest BCUT2D eigenvalue weighted by molar-refractivity contribution is 6.30. The summed E-state index contributed by atoms with van der Waals surface area (Å²) in [6, 6.07) is 11.7. The third kappa shape index (κ3) is 4.79. The van der Waals surface area contributed by atoms with Crippen LogP contribution in [0.5, 0.6) is 17.2 Å². The van der Waals surface area contributed by atoms with Crippen molar-refractivity contribution in [2.45, 2.75) is 6.54 Å². The summed E-state index contributed by atoms with van der Waals surface area (Å²) in [5.74, 6) is 2.30. The third-order valence-corrected chi connectivity index (χ3v) is 5.24. The maximum atomic E-state index is 6.26. The average molecular weight is 419 g/mol. The number of aliphatic imine (C=N–C) groups is 1. The molecule has 1 heterocycles. The number of ether oxygens (including phenoxy) is 3. The normalized spacial score (nSPS) is 14.7. The molecule has 0 unspecified atom stereocenters. The lowest BCUT2D eigenvalue weighted by atomic mass is 10.1. The van der Waals surface area contributed by atoms with E-state index in [1.807, 2.05) is 36.4 Å². The van der Waals surface area contributed by atoms with Crippen molar-refractivity contribution in [1.82, 2.24) is 4.90 Å². The summed E-state index contributed by atoms with van der Waals surface area (Å²) in [5, 5.41) is 0.745. The number of guanidine groups is 1. The second-order valence-electron chi connectivity index (χ2n) is 6.62. The molecule has 2 aromatic carbocycles. The molecule has 1 aliphatic rings. The van der Waals surface area contributed by atoms with E-state index in [0.29, 0.717) is 29.8 Å². The summed E-state index contributed by atoms with van der Waals surface area (Å²) in [6.45, 7) is 3.75. The van der Waals surface area contributed by atoms with E-state index >= 15 is 0 Å². The molecule has 1 saturated heterocycles. The Hall–Kier alpha value is -2.80. The van der Waals surface area contributed by atoms with Gasteiger partial charge >= 0.3 is 0 Å². The summed E-state index contributed by atoms with van der Waals surface area (Å²) in [6.07, 6.45) is 0. The smallest absolute Gasteiger partial charge is 0.203 e. The number of methoxy groups -OCH3 is 3. The Morgan fingerprint density at radius 1 is 0.931 bits per heavy atom. The summed E-state index contributed by atoms with van der Waals surface area (Å²) >= 11 is 5.98. The number of nitrogens with zero attached hydrogens (tertiary/aromatic N) is 3. The minimum absolute atomic E-state index is 0.396. The lowest BCUT2D eigenvalue weighted by molar-refractivity contribution is 0.322. The van der Waals surface area contributed by atoms with Crippen molar-refractivity contribution in [2.75, 3.05) is 52.4 Å². The monoisotopic (exact) mass is 418 g/mol. The molecule has 156 valence electrons. The van der Waals surface area contributed by atoms with Gasteiger partial charge in [0.2, 0.25) is 5.75 Å². The van der Waals surface area contributed by atoms with Gasteiger partial charge in [-0.25, -0.2) is 4.99 Å². The predicted octanol–water partition coefficient (Wildman–Crippen LogP) is 3.00. The van der Waals surface area contributed by atoms with Gasteiger partial charge in [-0.1, -0.05) is 11.6 Å². The zero-order chi connectivity index (χ0) is 20.8. The van der Waals surface area contributed by atoms with E-state index < -0.39 is 0 Å². The van der Waals surface area contributed by atoms with Gasteiger partial charge in [0.05, 0.1) is 27.9 Å². The van der Waals surface area contributed by atoms with Gasteiger partial charge in [-0.3, -0.25) is 0 Å². The summed E-state index contributed by atoms with van der Waals surface area (Å²) in [4.78, 5) is 8.99. The minimum atomic E-state index is 0.396. The minimum Gasteiger partial charge on any atom is -0.493 e. The van der Waals surface area contributed by atoms with E-state index in [-0.39, 0.29) is 0 Å². The first-order valence-corrected chi connectivity index (χ1v) is 9.78. The van der Waals surface area contributed by atoms with E-state index in [1.54, 1.807) is 21.3 Å². The van der Waals surface area contributed by atoms with Crippen LogP contribution < -0.4 is 24.8 Å². The Bertz CT molecular complexity index is 850. The third-order valence-electron chi connectivity index (χ3n) is 4.99. The van der Waals surface area contributed by atoms with Crippen molar-refractivity contribution in [3.05, 3.63) is 47.0 Å². The van der Waals surface area contributed by atoms with Crippen molar-refractivity contribution >= 4 is 23.2 Å². The summed E-state index contributed by atoms with van der Waals surface area (Å²) in [5.41, 5.74) is 8.31. The van der Waals surface area contributed by atoms with Crippen LogP contribution in [0.25, 0.3) is 0 Å². The van der Waals surface area contributed by atoms with Gasteiger partial charge in [-0.05, 0) is 36.4 Å². The molecule has 0 spiro atoms. The Kier molecular flexibility index (Phi) is 6.93. The van der Waals surface area contributed by atoms with Crippen LogP contribution in [0.3, 0.4) is 0 Å². The SMILES string of the molecule is COc1ccc(CN=C(N)N2CCN(c3ccc(Cl)cc3)CC2)c(OC)c1OC. The largest absolute Gasteiger partial charge is 0.493 e. The summed E-state index contributed by atoms with van der Waals surface area (Å²) < 4.78 is 16.3. The van der Waals surface area contributed by atoms with E-state index in [9.17, 15) is 0 Å². The molecule has 3 rings (SSSR count). The number of piperazine rings is 1. The van der Waals surface area contributed by atoms with E-state index in [0.717, 1.165) is 36.8 Å². The lowest BCUT2D eigenvalue weighted by Gasteiger charge is -2.36. The highest BCUT2D eigenvalue weighted by atomic mass is 35.5. The molecule has 0 aromatic heterocycles. The van der Waals surface area contributed by atoms with Crippen LogP contribution in [-0.4, -0.2) is 58.4 Å². The number of nitrogens with two attached hydrogens (primary N) is 1. The summed E-state index contributed by atoms with van der Waals surface area (Å²) in [7, 11) is 4.78. The average Bonchev–Trinajstić information content (AvgIpc) is 2.77. The van der Waals surface area contributed by atoms with E-state index in [2.05, 4.69) is 14.8 Å². The fraction of sp³-hybridized carbons (Fsp3) is 0.381. The molecular formula is C21H27ClN4O3. The van der Waals surface area contributed by atoms with Crippen molar-refractivity contribution in [1.29, 1.82) is 0 Å². The molecule has 0 radical (unpaired) electrons. The quantitative estimate of drug-likeness (QED) is 0.574. The fourth-order valence-corrected chi connectivity index (χ4v) is 3.53. The highest BCUT2D eigenvalue weighted by Gasteiger charge is 2.19. The van der Waals surface area contributed by atoms with Crippen LogP contribution in [0.2, 0.25) is 5.02 Å². The number of benzene rings is 2. The zero-order valence-electron chi connectivity index (χ0n) is 17.0. The van der Waals surface area contributed by atoms with E-state index in [4.69, 9.17) is 31.5 Å². The fourth-order valence-electron chi connectivity index (χ4n) is 3.40. The van der Waals surface area contributed by atoms with Crippen LogP contribution >= 0.6 is 11.6 Å². The van der Waals surface area contributed by atoms with Gasteiger partial charge in [-0.15, -0.1) is 0 Å². The molecule has 8 heteroatoms. The van der Waals surface area contributed by atoms with Crippen molar-refractivity contribution in [3.63, 3.8) is 0 Å². The maximum Gasteiger partial charge on any atom is 0.203 e. The molecule has 0 aliphatic carbocycles. The standard InChI is InChI=1S/C21H27ClN4O3/c1-27-18-9-4-15(19(28-2)20(18)29-3)14-24-21(23)26-12-10-25(11-13-26)17-7-5-16(22)6-8-17/h4-9H,10-14H2,1-3H3,(H2,23,24). The van der Waals surface area contributed by atoms with Crippen LogP contribution in [0.1, 0.15) is 5.56 Å². The van der Waals surface area contributed by atoms with Crippen molar-refractivity contribution in [2.24, 2.45) is 10.7 Å². The Balaban J connectivity index is 1.64. The Morgan fingerprint density at radius 3 is 2.17 bits per heavy atom. The first-order chi connectivity index (χ1) is 14.1. The maximum absolute atomic E-state index is 6.26. The molecule has 7 nitrogen and oxygen atoms in total. The predicted molar refractivity (Wildman–Crippen MR) is 117 cm³/mol. The topological polar surface area (TPSA) is 72.6 Å². The van der Waals surface area contributed by atoms with Gasteiger partial charge in [-0.2, -0.15) is 0 Å². The number of hydrogen-bond acceptors (Lipinski definition) is 5. The van der Waals surface area contributed by atoms with Gasteiger partial charge in [0.25, 0.3) is 0 Å². The number of halogens is 1. The molecule has 0 bridgehead atoms. The number of anilines is 1. The second kappa shape index (κ2) is 9.60. The van der Waals surface area contributed by atoms with Gasteiger partial charge in [0.15, 0.2) is 17.5 Å². The first kappa shape index (κ1) is 20.9. The molecule has 0 amide bonds. The van der Waals surface area contributed by atoms with Crippen molar-refractivity contribution in [3.8, 4) is 17.2 Å². The molecule has 0 atom stereocenters.